The van der Waals surface area contributed by atoms with Crippen LogP contribution in [0.4, 0.5) is 0 Å². The van der Waals surface area contributed by atoms with Gasteiger partial charge in [-0.25, -0.2) is 17.4 Å². The molecule has 10 heteroatoms. The number of benzene rings is 1. The molecule has 0 saturated carbocycles. The van der Waals surface area contributed by atoms with Crippen molar-refractivity contribution in [3.05, 3.63) is 83.6 Å². The third-order valence-corrected chi connectivity index (χ3v) is 7.26. The molecule has 182 valence electrons. The quantitative estimate of drug-likeness (QED) is 0.396. The van der Waals surface area contributed by atoms with Crippen molar-refractivity contribution < 1.29 is 8.42 Å². The smallest absolute Gasteiger partial charge is 0.236 e. The van der Waals surface area contributed by atoms with Crippen LogP contribution in [0.1, 0.15) is 23.2 Å². The normalized spacial score (nSPS) is 20.3. The lowest BCUT2D eigenvalue weighted by Gasteiger charge is -2.32. The van der Waals surface area contributed by atoms with Crippen molar-refractivity contribution in [3.8, 4) is 0 Å². The summed E-state index contributed by atoms with van der Waals surface area (Å²) in [7, 11) is -3.47. The minimum Gasteiger partial charge on any atom is -0.371 e. The van der Waals surface area contributed by atoms with Gasteiger partial charge in [0.1, 0.15) is 5.82 Å². The van der Waals surface area contributed by atoms with E-state index in [1.807, 2.05) is 36.4 Å². The molecular weight excluding hydrogens is 462 g/mol. The second-order valence-electron chi connectivity index (χ2n) is 8.76. The first kappa shape index (κ1) is 23.3. The maximum absolute atomic E-state index is 12.5. The number of hydrogen-bond acceptors (Lipinski definition) is 8. The van der Waals surface area contributed by atoms with E-state index in [1.54, 1.807) is 24.7 Å². The number of nitrogens with two attached hydrogens (primary N) is 1. The van der Waals surface area contributed by atoms with Crippen LogP contribution in [0.3, 0.4) is 0 Å². The molecule has 1 unspecified atom stereocenters. The molecule has 2 aliphatic rings. The fourth-order valence-electron chi connectivity index (χ4n) is 4.46. The maximum atomic E-state index is 12.5. The third kappa shape index (κ3) is 4.86. The Morgan fingerprint density at radius 3 is 2.89 bits per heavy atom. The van der Waals surface area contributed by atoms with Crippen LogP contribution >= 0.6 is 0 Å². The van der Waals surface area contributed by atoms with Crippen LogP contribution in [-0.4, -0.2) is 49.5 Å². The van der Waals surface area contributed by atoms with E-state index in [0.717, 1.165) is 59.5 Å². The van der Waals surface area contributed by atoms with Crippen molar-refractivity contribution >= 4 is 32.7 Å². The van der Waals surface area contributed by atoms with E-state index in [0.29, 0.717) is 12.1 Å². The van der Waals surface area contributed by atoms with Gasteiger partial charge in [-0.15, -0.1) is 0 Å². The number of pyridine rings is 1. The number of fused-ring (bicyclic) bond motifs is 1. The number of aromatic nitrogens is 2. The zero-order valence-electron chi connectivity index (χ0n) is 19.5. The van der Waals surface area contributed by atoms with E-state index in [-0.39, 0.29) is 0 Å². The van der Waals surface area contributed by atoms with Crippen LogP contribution in [0.2, 0.25) is 0 Å². The van der Waals surface area contributed by atoms with Crippen molar-refractivity contribution in [1.29, 1.82) is 0 Å². The second kappa shape index (κ2) is 9.29. The van der Waals surface area contributed by atoms with Gasteiger partial charge in [0.05, 0.1) is 11.8 Å². The minimum atomic E-state index is -3.47. The fraction of sp³-hybridized carbons (Fsp3) is 0.280. The maximum Gasteiger partial charge on any atom is 0.236 e. The van der Waals surface area contributed by atoms with Gasteiger partial charge in [-0.3, -0.25) is 10.7 Å². The van der Waals surface area contributed by atoms with Gasteiger partial charge in [0.2, 0.25) is 15.8 Å². The molecule has 35 heavy (non-hydrogen) atoms. The summed E-state index contributed by atoms with van der Waals surface area (Å²) in [6.07, 6.45) is 11.9. The van der Waals surface area contributed by atoms with Crippen LogP contribution in [0.5, 0.6) is 0 Å². The summed E-state index contributed by atoms with van der Waals surface area (Å²) in [4.78, 5) is 8.86. The number of nitrogens with zero attached hydrogens (tertiary/aromatic N) is 3. The van der Waals surface area contributed by atoms with Gasteiger partial charge in [-0.05, 0) is 48.9 Å². The number of rotatable bonds is 7. The van der Waals surface area contributed by atoms with Crippen LogP contribution in [-0.2, 0) is 22.2 Å². The third-order valence-electron chi connectivity index (χ3n) is 6.25. The molecule has 0 aliphatic carbocycles. The average molecular weight is 492 g/mol. The summed E-state index contributed by atoms with van der Waals surface area (Å²) in [5.41, 5.74) is 11.1. The predicted molar refractivity (Wildman–Crippen MR) is 139 cm³/mol. The van der Waals surface area contributed by atoms with Crippen molar-refractivity contribution in [2.45, 2.75) is 18.6 Å². The standard InChI is InChI=1S/C25H29N7O2S/c1-35(33,34)32-17-22(18-7-12-27-13-8-18)21-16-19(5-6-23(21)32)25(26)30-15-10-24(31-25)29-14-9-20-4-2-3-11-28-20/h2-7,10-11,15-17,27,29,31H,8-9,12-14,26H2,1H3. The van der Waals surface area contributed by atoms with E-state index in [4.69, 9.17) is 5.73 Å². The molecule has 0 fully saturated rings. The van der Waals surface area contributed by atoms with Crippen LogP contribution in [0.25, 0.3) is 16.5 Å². The van der Waals surface area contributed by atoms with Crippen LogP contribution < -0.4 is 21.7 Å². The van der Waals surface area contributed by atoms with Gasteiger partial charge in [0, 0.05) is 60.3 Å². The number of hydrogen-bond donors (Lipinski definition) is 4. The summed E-state index contributed by atoms with van der Waals surface area (Å²) in [5.74, 6) is -0.433. The molecule has 4 heterocycles. The molecule has 9 nitrogen and oxygen atoms in total. The van der Waals surface area contributed by atoms with Gasteiger partial charge in [-0.2, -0.15) is 0 Å². The van der Waals surface area contributed by atoms with Gasteiger partial charge in [0.15, 0.2) is 0 Å². The Kier molecular flexibility index (Phi) is 6.18. The Labute approximate surface area is 204 Å². The van der Waals surface area contributed by atoms with E-state index in [1.165, 1.54) is 10.2 Å². The van der Waals surface area contributed by atoms with E-state index in [9.17, 15) is 8.42 Å². The molecule has 2 aromatic heterocycles. The summed E-state index contributed by atoms with van der Waals surface area (Å²) in [5, 5.41) is 10.8. The molecule has 1 aromatic carbocycles. The van der Waals surface area contributed by atoms with E-state index in [2.05, 4.69) is 32.0 Å². The highest BCUT2D eigenvalue weighted by molar-refractivity contribution is 7.89. The molecule has 0 amide bonds. The molecule has 0 saturated heterocycles. The molecule has 0 radical (unpaired) electrons. The highest BCUT2D eigenvalue weighted by atomic mass is 32.2. The molecule has 0 spiro atoms. The lowest BCUT2D eigenvalue weighted by atomic mass is 9.97. The summed E-state index contributed by atoms with van der Waals surface area (Å²) in [6, 6.07) is 11.4. The van der Waals surface area contributed by atoms with Gasteiger partial charge >= 0.3 is 0 Å². The first-order valence-corrected chi connectivity index (χ1v) is 13.4. The predicted octanol–water partition coefficient (Wildman–Crippen LogP) is 1.64. The lowest BCUT2D eigenvalue weighted by Crippen LogP contribution is -2.52. The van der Waals surface area contributed by atoms with Crippen molar-refractivity contribution in [2.24, 2.45) is 10.7 Å². The van der Waals surface area contributed by atoms with E-state index >= 15 is 0 Å². The first-order valence-electron chi connectivity index (χ1n) is 11.6. The molecule has 1 atom stereocenters. The van der Waals surface area contributed by atoms with Crippen LogP contribution in [0, 0.1) is 0 Å². The molecule has 5 rings (SSSR count). The van der Waals surface area contributed by atoms with Gasteiger partial charge < -0.3 is 16.0 Å². The lowest BCUT2D eigenvalue weighted by molar-refractivity contribution is 0.382. The van der Waals surface area contributed by atoms with Crippen LogP contribution in [0.15, 0.2) is 71.8 Å². The Hall–Kier alpha value is -3.47. The molecular formula is C25H29N7O2S. The SMILES string of the molecule is CS(=O)(=O)n1cc(C2=CCNCC2)c2cc(C3(N)N=CC=C(NCCc4ccccn4)N3)ccc21. The molecule has 5 N–H and O–H groups in total. The Bertz CT molecular complexity index is 1440. The summed E-state index contributed by atoms with van der Waals surface area (Å²) in [6.45, 7) is 2.29. The van der Waals surface area contributed by atoms with Crippen molar-refractivity contribution in [2.75, 3.05) is 25.9 Å². The topological polar surface area (TPSA) is 126 Å². The first-order chi connectivity index (χ1) is 16.8. The number of nitrogens with one attached hydrogen (secondary N) is 3. The number of aliphatic imine (C=N–C) groups is 1. The fourth-order valence-corrected chi connectivity index (χ4v) is 5.28. The number of allylic oxidation sites excluding steroid dienone is 1. The highest BCUT2D eigenvalue weighted by Crippen LogP contribution is 2.33. The largest absolute Gasteiger partial charge is 0.371 e. The Morgan fingerprint density at radius 1 is 1.26 bits per heavy atom. The molecule has 0 bridgehead atoms. The van der Waals surface area contributed by atoms with Gasteiger partial charge in [0.25, 0.3) is 0 Å². The summed E-state index contributed by atoms with van der Waals surface area (Å²) < 4.78 is 26.3. The summed E-state index contributed by atoms with van der Waals surface area (Å²) >= 11 is 0. The second-order valence-corrected chi connectivity index (χ2v) is 10.6. The monoisotopic (exact) mass is 491 g/mol. The van der Waals surface area contributed by atoms with Gasteiger partial charge in [-0.1, -0.05) is 18.2 Å². The Balaban J connectivity index is 1.43. The van der Waals surface area contributed by atoms with Crippen molar-refractivity contribution in [1.82, 2.24) is 24.9 Å². The van der Waals surface area contributed by atoms with Crippen molar-refractivity contribution in [3.63, 3.8) is 0 Å². The molecule has 2 aliphatic heterocycles. The van der Waals surface area contributed by atoms with E-state index < -0.39 is 15.8 Å². The zero-order valence-corrected chi connectivity index (χ0v) is 20.3. The zero-order chi connectivity index (χ0) is 24.5. The molecule has 3 aromatic rings. The highest BCUT2D eigenvalue weighted by Gasteiger charge is 2.30. The Morgan fingerprint density at radius 2 is 2.14 bits per heavy atom. The minimum absolute atomic E-state index is 0.623. The average Bonchev–Trinajstić information content (AvgIpc) is 3.25.